The van der Waals surface area contributed by atoms with Gasteiger partial charge in [0.2, 0.25) is 0 Å². The van der Waals surface area contributed by atoms with Crippen molar-refractivity contribution < 1.29 is 9.53 Å². The molecule has 2 aliphatic rings. The van der Waals surface area contributed by atoms with E-state index in [9.17, 15) is 4.79 Å². The van der Waals surface area contributed by atoms with Crippen LogP contribution in [-0.2, 0) is 6.61 Å². The second-order valence-electron chi connectivity index (χ2n) is 10.3. The van der Waals surface area contributed by atoms with Gasteiger partial charge in [-0.05, 0) is 68.5 Å². The SMILES string of the molecule is CC(C)(C)NC(=O)c1ccc2c(c1)C1C=CCC1C(c1ccccc1OCc1ccccc1)N2. The van der Waals surface area contributed by atoms with E-state index in [0.29, 0.717) is 18.1 Å². The Kier molecular flexibility index (Phi) is 5.91. The Balaban J connectivity index is 1.43. The van der Waals surface area contributed by atoms with E-state index in [0.717, 1.165) is 23.4 Å². The molecular weight excluding hydrogens is 420 g/mol. The van der Waals surface area contributed by atoms with Gasteiger partial charge in [0.15, 0.2) is 0 Å². The fourth-order valence-electron chi connectivity index (χ4n) is 5.06. The second kappa shape index (κ2) is 9.02. The van der Waals surface area contributed by atoms with Crippen LogP contribution in [0.3, 0.4) is 0 Å². The molecule has 1 amide bonds. The highest BCUT2D eigenvalue weighted by Crippen LogP contribution is 2.51. The zero-order valence-corrected chi connectivity index (χ0v) is 20.0. The fraction of sp³-hybridized carbons (Fsp3) is 0.300. The molecule has 0 aromatic heterocycles. The Morgan fingerprint density at radius 3 is 2.56 bits per heavy atom. The Morgan fingerprint density at radius 2 is 1.76 bits per heavy atom. The number of fused-ring (bicyclic) bond motifs is 3. The van der Waals surface area contributed by atoms with E-state index in [1.165, 1.54) is 11.1 Å². The molecule has 0 saturated heterocycles. The third-order valence-electron chi connectivity index (χ3n) is 6.60. The minimum Gasteiger partial charge on any atom is -0.489 e. The summed E-state index contributed by atoms with van der Waals surface area (Å²) in [6.45, 7) is 6.55. The minimum absolute atomic E-state index is 0.0318. The lowest BCUT2D eigenvalue weighted by molar-refractivity contribution is 0.0919. The summed E-state index contributed by atoms with van der Waals surface area (Å²) in [6.07, 6.45) is 5.57. The molecule has 3 unspecified atom stereocenters. The quantitative estimate of drug-likeness (QED) is 0.428. The zero-order valence-electron chi connectivity index (χ0n) is 20.0. The first-order chi connectivity index (χ1) is 16.4. The average molecular weight is 453 g/mol. The maximum Gasteiger partial charge on any atom is 0.251 e. The molecule has 174 valence electrons. The maximum absolute atomic E-state index is 12.8. The fourth-order valence-corrected chi connectivity index (χ4v) is 5.06. The predicted octanol–water partition coefficient (Wildman–Crippen LogP) is 6.62. The highest BCUT2D eigenvalue weighted by molar-refractivity contribution is 5.95. The summed E-state index contributed by atoms with van der Waals surface area (Å²) >= 11 is 0. The van der Waals surface area contributed by atoms with Gasteiger partial charge in [-0.2, -0.15) is 0 Å². The van der Waals surface area contributed by atoms with Gasteiger partial charge in [-0.3, -0.25) is 4.79 Å². The van der Waals surface area contributed by atoms with Gasteiger partial charge in [0.05, 0.1) is 6.04 Å². The van der Waals surface area contributed by atoms with E-state index in [2.05, 4.69) is 65.3 Å². The second-order valence-corrected chi connectivity index (χ2v) is 10.3. The molecular formula is C30H32N2O2. The monoisotopic (exact) mass is 452 g/mol. The largest absolute Gasteiger partial charge is 0.489 e. The highest BCUT2D eigenvalue weighted by Gasteiger charge is 2.39. The molecule has 3 atom stereocenters. The first-order valence-electron chi connectivity index (χ1n) is 12.0. The summed E-state index contributed by atoms with van der Waals surface area (Å²) in [4.78, 5) is 12.8. The molecule has 4 heteroatoms. The molecule has 0 spiro atoms. The highest BCUT2D eigenvalue weighted by atomic mass is 16.5. The Hall–Kier alpha value is -3.53. The summed E-state index contributed by atoms with van der Waals surface area (Å²) in [7, 11) is 0. The summed E-state index contributed by atoms with van der Waals surface area (Å²) in [5.41, 5.74) is 5.05. The van der Waals surface area contributed by atoms with Crippen LogP contribution in [0.2, 0.25) is 0 Å². The number of anilines is 1. The van der Waals surface area contributed by atoms with E-state index >= 15 is 0 Å². The number of carbonyl (C=O) groups is 1. The topological polar surface area (TPSA) is 50.4 Å². The third-order valence-corrected chi connectivity index (χ3v) is 6.60. The Morgan fingerprint density at radius 1 is 1.00 bits per heavy atom. The molecule has 1 aliphatic carbocycles. The van der Waals surface area contributed by atoms with Crippen LogP contribution in [0.5, 0.6) is 5.75 Å². The van der Waals surface area contributed by atoms with Crippen LogP contribution in [0.1, 0.15) is 66.2 Å². The number of nitrogens with one attached hydrogen (secondary N) is 2. The molecule has 3 aromatic carbocycles. The number of rotatable bonds is 5. The number of hydrogen-bond acceptors (Lipinski definition) is 3. The van der Waals surface area contributed by atoms with Gasteiger partial charge in [-0.15, -0.1) is 0 Å². The summed E-state index contributed by atoms with van der Waals surface area (Å²) in [5.74, 6) is 1.52. The molecule has 4 nitrogen and oxygen atoms in total. The normalized spacial score (nSPS) is 20.7. The van der Waals surface area contributed by atoms with Crippen molar-refractivity contribution in [1.29, 1.82) is 0 Å². The van der Waals surface area contributed by atoms with E-state index in [1.807, 2.05) is 51.1 Å². The van der Waals surface area contributed by atoms with E-state index in [-0.39, 0.29) is 23.4 Å². The lowest BCUT2D eigenvalue weighted by Crippen LogP contribution is -2.40. The molecule has 1 aliphatic heterocycles. The molecule has 2 N–H and O–H groups in total. The number of hydrogen-bond donors (Lipinski definition) is 2. The molecule has 5 rings (SSSR count). The molecule has 34 heavy (non-hydrogen) atoms. The van der Waals surface area contributed by atoms with Gasteiger partial charge >= 0.3 is 0 Å². The van der Waals surface area contributed by atoms with Crippen molar-refractivity contribution >= 4 is 11.6 Å². The van der Waals surface area contributed by atoms with Crippen molar-refractivity contribution in [3.63, 3.8) is 0 Å². The van der Waals surface area contributed by atoms with Crippen molar-refractivity contribution in [1.82, 2.24) is 5.32 Å². The smallest absolute Gasteiger partial charge is 0.251 e. The number of ether oxygens (including phenoxy) is 1. The van der Waals surface area contributed by atoms with Crippen LogP contribution in [0.15, 0.2) is 84.9 Å². The Labute approximate surface area is 202 Å². The van der Waals surface area contributed by atoms with Crippen molar-refractivity contribution in [2.24, 2.45) is 5.92 Å². The average Bonchev–Trinajstić information content (AvgIpc) is 3.32. The van der Waals surface area contributed by atoms with E-state index in [4.69, 9.17) is 4.74 Å². The lowest BCUT2D eigenvalue weighted by atomic mass is 9.76. The van der Waals surface area contributed by atoms with Gasteiger partial charge in [-0.1, -0.05) is 60.7 Å². The molecule has 0 bridgehead atoms. The summed E-state index contributed by atoms with van der Waals surface area (Å²) < 4.78 is 6.30. The van der Waals surface area contributed by atoms with Crippen molar-refractivity contribution in [2.45, 2.75) is 51.3 Å². The number of amides is 1. The molecule has 0 fully saturated rings. The predicted molar refractivity (Wildman–Crippen MR) is 137 cm³/mol. The Bertz CT molecular complexity index is 1210. The van der Waals surface area contributed by atoms with Crippen LogP contribution in [0.25, 0.3) is 0 Å². The van der Waals surface area contributed by atoms with Crippen LogP contribution in [0, 0.1) is 5.92 Å². The number of para-hydroxylation sites is 1. The number of carbonyl (C=O) groups excluding carboxylic acids is 1. The molecule has 1 heterocycles. The number of allylic oxidation sites excluding steroid dienone is 2. The summed E-state index contributed by atoms with van der Waals surface area (Å²) in [6, 6.07) is 24.8. The zero-order chi connectivity index (χ0) is 23.7. The van der Waals surface area contributed by atoms with Crippen LogP contribution < -0.4 is 15.4 Å². The van der Waals surface area contributed by atoms with Crippen LogP contribution in [-0.4, -0.2) is 11.4 Å². The first-order valence-corrected chi connectivity index (χ1v) is 12.0. The van der Waals surface area contributed by atoms with Gasteiger partial charge < -0.3 is 15.4 Å². The first kappa shape index (κ1) is 22.3. The van der Waals surface area contributed by atoms with Crippen molar-refractivity contribution in [2.75, 3.05) is 5.32 Å². The number of benzene rings is 3. The third kappa shape index (κ3) is 4.58. The minimum atomic E-state index is -0.268. The van der Waals surface area contributed by atoms with E-state index in [1.54, 1.807) is 0 Å². The molecule has 0 radical (unpaired) electrons. The van der Waals surface area contributed by atoms with Gasteiger partial charge in [0.25, 0.3) is 5.91 Å². The van der Waals surface area contributed by atoms with Crippen molar-refractivity contribution in [3.8, 4) is 5.75 Å². The van der Waals surface area contributed by atoms with Crippen molar-refractivity contribution in [3.05, 3.63) is 107 Å². The van der Waals surface area contributed by atoms with Crippen LogP contribution >= 0.6 is 0 Å². The lowest BCUT2D eigenvalue weighted by Gasteiger charge is -2.38. The van der Waals surface area contributed by atoms with E-state index < -0.39 is 0 Å². The standard InChI is InChI=1S/C30H32N2O2/c1-30(2,3)32-29(33)21-16-17-26-25(18-21)22-13-9-14-23(22)28(31-26)24-12-7-8-15-27(24)34-19-20-10-5-4-6-11-20/h4-13,15-18,22-23,28,31H,14,19H2,1-3H3,(H,32,33). The van der Waals surface area contributed by atoms with Gasteiger partial charge in [0, 0.05) is 28.3 Å². The molecule has 0 saturated carbocycles. The summed E-state index contributed by atoms with van der Waals surface area (Å²) in [5, 5.41) is 6.86. The molecule has 3 aromatic rings. The van der Waals surface area contributed by atoms with Crippen LogP contribution in [0.4, 0.5) is 5.69 Å². The van der Waals surface area contributed by atoms with Gasteiger partial charge in [-0.25, -0.2) is 0 Å². The van der Waals surface area contributed by atoms with Gasteiger partial charge in [0.1, 0.15) is 12.4 Å². The maximum atomic E-state index is 12.8.